The predicted octanol–water partition coefficient (Wildman–Crippen LogP) is 3.87. The topological polar surface area (TPSA) is 76.2 Å². The first-order valence-electron chi connectivity index (χ1n) is 13.7. The number of allylic oxidation sites excluding steroid dienone is 1. The number of rotatable bonds is 3. The summed E-state index contributed by atoms with van der Waals surface area (Å²) in [6, 6.07) is 0. The summed E-state index contributed by atoms with van der Waals surface area (Å²) in [5.74, 6) is 1.70. The molecule has 3 saturated carbocycles. The van der Waals surface area contributed by atoms with Crippen LogP contribution in [-0.2, 0) is 23.9 Å². The van der Waals surface area contributed by atoms with Gasteiger partial charge < -0.3 is 9.47 Å². The maximum absolute atomic E-state index is 13.6. The maximum Gasteiger partial charge on any atom is 0.302 e. The number of esters is 1. The first-order chi connectivity index (χ1) is 16.6. The van der Waals surface area contributed by atoms with Crippen molar-refractivity contribution in [3.63, 3.8) is 0 Å². The lowest BCUT2D eigenvalue weighted by molar-refractivity contribution is -0.212. The highest BCUT2D eigenvalue weighted by atomic mass is 16.5. The van der Waals surface area contributed by atoms with Gasteiger partial charge in [0.25, 0.3) is 0 Å². The van der Waals surface area contributed by atoms with Crippen LogP contribution < -0.4 is 0 Å². The number of hydrazine groups is 1. The molecule has 4 aliphatic carbocycles. The molecule has 7 heteroatoms. The lowest BCUT2D eigenvalue weighted by Crippen LogP contribution is -2.76. The van der Waals surface area contributed by atoms with Crippen LogP contribution in [0.4, 0.5) is 0 Å². The molecule has 192 valence electrons. The van der Waals surface area contributed by atoms with E-state index in [1.165, 1.54) is 12.5 Å². The molecule has 9 unspecified atom stereocenters. The van der Waals surface area contributed by atoms with Crippen LogP contribution >= 0.6 is 0 Å². The zero-order valence-electron chi connectivity index (χ0n) is 21.8. The van der Waals surface area contributed by atoms with Gasteiger partial charge in [0.05, 0.1) is 6.54 Å². The van der Waals surface area contributed by atoms with Crippen molar-refractivity contribution in [1.29, 1.82) is 0 Å². The van der Waals surface area contributed by atoms with Gasteiger partial charge >= 0.3 is 5.97 Å². The molecule has 0 aromatic heterocycles. The van der Waals surface area contributed by atoms with Crippen LogP contribution in [-0.4, -0.2) is 58.7 Å². The molecular weight excluding hydrogens is 444 g/mol. The minimum Gasteiger partial charge on any atom is -0.462 e. The average molecular weight is 485 g/mol. The molecule has 0 radical (unpaired) electrons. The van der Waals surface area contributed by atoms with Crippen molar-refractivity contribution in [1.82, 2.24) is 10.0 Å². The Morgan fingerprint density at radius 2 is 1.89 bits per heavy atom. The highest BCUT2D eigenvalue weighted by Crippen LogP contribution is 2.73. The summed E-state index contributed by atoms with van der Waals surface area (Å²) in [5, 5.41) is 3.89. The van der Waals surface area contributed by atoms with Gasteiger partial charge in [-0.1, -0.05) is 25.5 Å². The standard InChI is InChI=1S/C28H40N2O5/c1-6-34-25-23-14-22-20-8-7-18-13-19(35-17(3)32)9-11-26(18,4)21(20)10-12-27(22,5)28(23)24(33)15-29(28)30(25)16(2)31/h7,19-23,25H,6,8-15H2,1-5H3. The highest BCUT2D eigenvalue weighted by molar-refractivity contribution is 5.99. The average Bonchev–Trinajstić information content (AvgIpc) is 3.20. The molecular formula is C28H40N2O5. The van der Waals surface area contributed by atoms with Crippen molar-refractivity contribution in [3.05, 3.63) is 11.6 Å². The van der Waals surface area contributed by atoms with E-state index in [0.717, 1.165) is 44.9 Å². The molecule has 9 atom stereocenters. The van der Waals surface area contributed by atoms with Crippen molar-refractivity contribution in [2.24, 2.45) is 34.5 Å². The minimum absolute atomic E-state index is 0.00706. The number of carbonyl (C=O) groups excluding carboxylic acids is 3. The number of carbonyl (C=O) groups is 3. The summed E-state index contributed by atoms with van der Waals surface area (Å²) < 4.78 is 11.8. The van der Waals surface area contributed by atoms with Crippen LogP contribution in [0, 0.1) is 34.5 Å². The molecule has 0 N–H and O–H groups in total. The van der Waals surface area contributed by atoms with Gasteiger partial charge in [-0.05, 0) is 74.0 Å². The number of fused-ring (bicyclic) bond motifs is 5. The molecule has 5 fully saturated rings. The van der Waals surface area contributed by atoms with Crippen LogP contribution in [0.2, 0.25) is 0 Å². The molecule has 2 saturated heterocycles. The third-order valence-corrected chi connectivity index (χ3v) is 11.3. The number of amides is 1. The van der Waals surface area contributed by atoms with Gasteiger partial charge in [0, 0.05) is 32.8 Å². The summed E-state index contributed by atoms with van der Waals surface area (Å²) in [5.41, 5.74) is 0.883. The summed E-state index contributed by atoms with van der Waals surface area (Å²) in [6.07, 6.45) is 9.08. The number of nitrogens with zero attached hydrogens (tertiary/aromatic N) is 2. The SMILES string of the molecule is CCOC1C2CC3C4CC=C5CC(OC(C)=O)CCC5(C)C4CCC3(C)C23C(=O)CN3N1C(C)=O. The molecule has 2 aliphatic heterocycles. The number of Topliss-reactive ketones (excluding diaryl/α,β-unsaturated/α-hetero) is 1. The van der Waals surface area contributed by atoms with E-state index in [2.05, 4.69) is 24.9 Å². The first kappa shape index (κ1) is 23.7. The Morgan fingerprint density at radius 3 is 2.54 bits per heavy atom. The predicted molar refractivity (Wildman–Crippen MR) is 129 cm³/mol. The Balaban J connectivity index is 1.35. The fraction of sp³-hybridized carbons (Fsp3) is 0.821. The molecule has 0 aromatic carbocycles. The van der Waals surface area contributed by atoms with E-state index in [1.54, 1.807) is 11.9 Å². The maximum atomic E-state index is 13.6. The minimum atomic E-state index is -0.591. The van der Waals surface area contributed by atoms with E-state index < -0.39 is 5.54 Å². The summed E-state index contributed by atoms with van der Waals surface area (Å²) >= 11 is 0. The van der Waals surface area contributed by atoms with E-state index >= 15 is 0 Å². The fourth-order valence-corrected chi connectivity index (χ4v) is 10.1. The number of hydrogen-bond acceptors (Lipinski definition) is 6. The third-order valence-electron chi connectivity index (χ3n) is 11.3. The van der Waals surface area contributed by atoms with E-state index in [-0.39, 0.29) is 41.0 Å². The summed E-state index contributed by atoms with van der Waals surface area (Å²) in [6.45, 7) is 10.7. The van der Waals surface area contributed by atoms with Crippen molar-refractivity contribution in [2.75, 3.05) is 13.2 Å². The molecule has 1 spiro atoms. The Morgan fingerprint density at radius 1 is 1.11 bits per heavy atom. The highest BCUT2D eigenvalue weighted by Gasteiger charge is 2.82. The molecule has 7 nitrogen and oxygen atoms in total. The number of ether oxygens (including phenoxy) is 2. The summed E-state index contributed by atoms with van der Waals surface area (Å²) in [4.78, 5) is 37.8. The van der Waals surface area contributed by atoms with Crippen LogP contribution in [0.25, 0.3) is 0 Å². The Bertz CT molecular complexity index is 1010. The van der Waals surface area contributed by atoms with E-state index in [1.807, 2.05) is 6.92 Å². The zero-order chi connectivity index (χ0) is 24.9. The monoisotopic (exact) mass is 484 g/mol. The number of ketones is 1. The van der Waals surface area contributed by atoms with Crippen LogP contribution in [0.3, 0.4) is 0 Å². The van der Waals surface area contributed by atoms with Crippen LogP contribution in [0.5, 0.6) is 0 Å². The van der Waals surface area contributed by atoms with Gasteiger partial charge in [0.1, 0.15) is 11.6 Å². The molecule has 6 aliphatic rings. The Labute approximate surface area is 208 Å². The molecule has 1 amide bonds. The molecule has 0 aromatic rings. The van der Waals surface area contributed by atoms with Crippen molar-refractivity contribution >= 4 is 17.7 Å². The van der Waals surface area contributed by atoms with Crippen molar-refractivity contribution in [2.45, 2.75) is 97.4 Å². The van der Waals surface area contributed by atoms with Crippen LogP contribution in [0.15, 0.2) is 11.6 Å². The second kappa shape index (κ2) is 7.64. The van der Waals surface area contributed by atoms with Gasteiger partial charge in [-0.25, -0.2) is 5.01 Å². The lowest BCUT2D eigenvalue weighted by atomic mass is 9.45. The Hall–Kier alpha value is -1.73. The largest absolute Gasteiger partial charge is 0.462 e. The molecule has 2 heterocycles. The second-order valence-electron chi connectivity index (χ2n) is 12.5. The fourth-order valence-electron chi connectivity index (χ4n) is 10.1. The van der Waals surface area contributed by atoms with E-state index in [4.69, 9.17) is 9.47 Å². The third kappa shape index (κ3) is 2.77. The quantitative estimate of drug-likeness (QED) is 0.447. The van der Waals surface area contributed by atoms with Crippen LogP contribution in [0.1, 0.15) is 79.6 Å². The van der Waals surface area contributed by atoms with E-state index in [9.17, 15) is 14.4 Å². The van der Waals surface area contributed by atoms with Gasteiger partial charge in [-0.15, -0.1) is 0 Å². The molecule has 0 bridgehead atoms. The summed E-state index contributed by atoms with van der Waals surface area (Å²) in [7, 11) is 0. The van der Waals surface area contributed by atoms with Crippen molar-refractivity contribution < 1.29 is 23.9 Å². The van der Waals surface area contributed by atoms with Gasteiger partial charge in [0.15, 0.2) is 12.0 Å². The normalized spacial score (nSPS) is 48.1. The smallest absolute Gasteiger partial charge is 0.302 e. The zero-order valence-corrected chi connectivity index (χ0v) is 21.8. The van der Waals surface area contributed by atoms with Gasteiger partial charge in [0.2, 0.25) is 5.91 Å². The molecule has 6 rings (SSSR count). The van der Waals surface area contributed by atoms with Gasteiger partial charge in [-0.2, -0.15) is 5.01 Å². The first-order valence-corrected chi connectivity index (χ1v) is 13.7. The van der Waals surface area contributed by atoms with Gasteiger partial charge in [-0.3, -0.25) is 14.4 Å². The Kier molecular flexibility index (Phi) is 5.16. The lowest BCUT2D eigenvalue weighted by Gasteiger charge is -2.63. The number of hydrogen-bond donors (Lipinski definition) is 0. The second-order valence-corrected chi connectivity index (χ2v) is 12.5. The van der Waals surface area contributed by atoms with E-state index in [0.29, 0.717) is 36.7 Å². The molecule has 35 heavy (non-hydrogen) atoms. The van der Waals surface area contributed by atoms with Crippen molar-refractivity contribution in [3.8, 4) is 0 Å².